The van der Waals surface area contributed by atoms with Crippen LogP contribution in [0.3, 0.4) is 0 Å². The summed E-state index contributed by atoms with van der Waals surface area (Å²) < 4.78 is 5.14. The number of nitrogens with zero attached hydrogens (tertiary/aromatic N) is 1. The van der Waals surface area contributed by atoms with Crippen molar-refractivity contribution in [3.05, 3.63) is 58.6 Å². The van der Waals surface area contributed by atoms with E-state index in [0.29, 0.717) is 10.7 Å². The van der Waals surface area contributed by atoms with E-state index in [4.69, 9.17) is 16.3 Å². The predicted molar refractivity (Wildman–Crippen MR) is 103 cm³/mol. The van der Waals surface area contributed by atoms with Gasteiger partial charge in [0.05, 0.1) is 13.3 Å². The molecule has 0 aromatic heterocycles. The lowest BCUT2D eigenvalue weighted by atomic mass is 10.1. The van der Waals surface area contributed by atoms with Gasteiger partial charge in [0.2, 0.25) is 11.8 Å². The summed E-state index contributed by atoms with van der Waals surface area (Å²) in [5, 5.41) is 7.13. The molecule has 0 aliphatic carbocycles. The highest BCUT2D eigenvalue weighted by atomic mass is 35.5. The standard InChI is InChI=1S/C19H20ClN3O3/c1-13-10-17(26-2)7-6-14(13)12-21-23-19(25)9-8-18(24)22-16-5-3-4-15(20)11-16/h3-7,10-12H,8-9H2,1-2H3,(H,22,24)(H,23,25). The van der Waals surface area contributed by atoms with Gasteiger partial charge in [0.1, 0.15) is 5.75 Å². The van der Waals surface area contributed by atoms with E-state index in [2.05, 4.69) is 15.8 Å². The van der Waals surface area contributed by atoms with Gasteiger partial charge in [0.15, 0.2) is 0 Å². The number of benzene rings is 2. The molecule has 2 rings (SSSR count). The summed E-state index contributed by atoms with van der Waals surface area (Å²) in [6, 6.07) is 12.4. The molecule has 136 valence electrons. The number of amides is 2. The number of anilines is 1. The Bertz CT molecular complexity index is 821. The van der Waals surface area contributed by atoms with Gasteiger partial charge in [-0.3, -0.25) is 9.59 Å². The molecule has 2 aromatic carbocycles. The fourth-order valence-electron chi connectivity index (χ4n) is 2.17. The van der Waals surface area contributed by atoms with Crippen LogP contribution >= 0.6 is 11.6 Å². The first-order valence-corrected chi connectivity index (χ1v) is 8.37. The molecule has 0 saturated carbocycles. The minimum atomic E-state index is -0.339. The number of ether oxygens (including phenoxy) is 1. The van der Waals surface area contributed by atoms with E-state index in [-0.39, 0.29) is 24.7 Å². The van der Waals surface area contributed by atoms with Gasteiger partial charge in [-0.25, -0.2) is 5.43 Å². The Hall–Kier alpha value is -2.86. The van der Waals surface area contributed by atoms with Crippen LogP contribution in [-0.4, -0.2) is 25.1 Å². The molecule has 0 bridgehead atoms. The number of methoxy groups -OCH3 is 1. The first-order chi connectivity index (χ1) is 12.5. The first-order valence-electron chi connectivity index (χ1n) is 8.00. The highest BCUT2D eigenvalue weighted by Crippen LogP contribution is 2.16. The molecule has 0 unspecified atom stereocenters. The largest absolute Gasteiger partial charge is 0.497 e. The van der Waals surface area contributed by atoms with E-state index in [1.54, 1.807) is 37.6 Å². The Morgan fingerprint density at radius 2 is 1.92 bits per heavy atom. The Kier molecular flexibility index (Phi) is 7.17. The quantitative estimate of drug-likeness (QED) is 0.575. The minimum Gasteiger partial charge on any atom is -0.497 e. The molecule has 2 aromatic rings. The van der Waals surface area contributed by atoms with E-state index in [9.17, 15) is 9.59 Å². The number of hydrazone groups is 1. The third kappa shape index (κ3) is 6.22. The van der Waals surface area contributed by atoms with Crippen LogP contribution in [0.1, 0.15) is 24.0 Å². The summed E-state index contributed by atoms with van der Waals surface area (Å²) >= 11 is 5.85. The Balaban J connectivity index is 1.77. The topological polar surface area (TPSA) is 79.8 Å². The molecule has 0 saturated heterocycles. The fraction of sp³-hybridized carbons (Fsp3) is 0.211. The maximum atomic E-state index is 11.8. The molecule has 26 heavy (non-hydrogen) atoms. The van der Waals surface area contributed by atoms with Crippen LogP contribution in [-0.2, 0) is 9.59 Å². The molecule has 2 N–H and O–H groups in total. The summed E-state index contributed by atoms with van der Waals surface area (Å²) in [7, 11) is 1.60. The lowest BCUT2D eigenvalue weighted by Crippen LogP contribution is -2.20. The Morgan fingerprint density at radius 1 is 1.15 bits per heavy atom. The molecule has 0 aliphatic heterocycles. The number of carbonyl (C=O) groups is 2. The number of carbonyl (C=O) groups excluding carboxylic acids is 2. The summed E-state index contributed by atoms with van der Waals surface area (Å²) in [4.78, 5) is 23.6. The number of hydrogen-bond donors (Lipinski definition) is 2. The minimum absolute atomic E-state index is 0.0331. The van der Waals surface area contributed by atoms with Gasteiger partial charge in [-0.2, -0.15) is 5.10 Å². The maximum Gasteiger partial charge on any atom is 0.240 e. The number of halogens is 1. The van der Waals surface area contributed by atoms with Crippen LogP contribution in [0, 0.1) is 6.92 Å². The zero-order valence-corrected chi connectivity index (χ0v) is 15.3. The summed E-state index contributed by atoms with van der Waals surface area (Å²) in [5.74, 6) is 0.153. The van der Waals surface area contributed by atoms with Gasteiger partial charge in [-0.05, 0) is 54.4 Å². The second-order valence-corrected chi connectivity index (χ2v) is 6.01. The molecule has 0 fully saturated rings. The monoisotopic (exact) mass is 373 g/mol. The molecule has 0 atom stereocenters. The lowest BCUT2D eigenvalue weighted by molar-refractivity contribution is -0.124. The van der Waals surface area contributed by atoms with Crippen molar-refractivity contribution < 1.29 is 14.3 Å². The Labute approximate surface area is 157 Å². The van der Waals surface area contributed by atoms with Crippen molar-refractivity contribution in [3.8, 4) is 5.75 Å². The number of nitrogens with one attached hydrogen (secondary N) is 2. The highest BCUT2D eigenvalue weighted by molar-refractivity contribution is 6.30. The molecule has 0 radical (unpaired) electrons. The average molecular weight is 374 g/mol. The fourth-order valence-corrected chi connectivity index (χ4v) is 2.36. The second-order valence-electron chi connectivity index (χ2n) is 5.57. The van der Waals surface area contributed by atoms with Crippen molar-refractivity contribution in [2.75, 3.05) is 12.4 Å². The highest BCUT2D eigenvalue weighted by Gasteiger charge is 2.07. The van der Waals surface area contributed by atoms with Crippen molar-refractivity contribution in [1.82, 2.24) is 5.43 Å². The van der Waals surface area contributed by atoms with Crippen LogP contribution in [0.15, 0.2) is 47.6 Å². The third-order valence-corrected chi connectivity index (χ3v) is 3.79. The third-order valence-electron chi connectivity index (χ3n) is 3.56. The predicted octanol–water partition coefficient (Wildman–Crippen LogP) is 3.53. The van der Waals surface area contributed by atoms with Crippen molar-refractivity contribution in [2.24, 2.45) is 5.10 Å². The Morgan fingerprint density at radius 3 is 2.62 bits per heavy atom. The van der Waals surface area contributed by atoms with Crippen molar-refractivity contribution in [3.63, 3.8) is 0 Å². The van der Waals surface area contributed by atoms with E-state index in [0.717, 1.165) is 16.9 Å². The smallest absolute Gasteiger partial charge is 0.240 e. The lowest BCUT2D eigenvalue weighted by Gasteiger charge is -2.05. The van der Waals surface area contributed by atoms with E-state index in [1.165, 1.54) is 0 Å². The van der Waals surface area contributed by atoms with E-state index >= 15 is 0 Å². The molecule has 6 nitrogen and oxygen atoms in total. The molecular formula is C19H20ClN3O3. The maximum absolute atomic E-state index is 11.8. The molecular weight excluding hydrogens is 354 g/mol. The van der Waals surface area contributed by atoms with Crippen LogP contribution in [0.2, 0.25) is 5.02 Å². The summed E-state index contributed by atoms with van der Waals surface area (Å²) in [5.41, 5.74) is 4.85. The van der Waals surface area contributed by atoms with Crippen molar-refractivity contribution in [1.29, 1.82) is 0 Å². The SMILES string of the molecule is COc1ccc(C=NNC(=O)CCC(=O)Nc2cccc(Cl)c2)c(C)c1. The molecule has 2 amide bonds. The zero-order chi connectivity index (χ0) is 18.9. The molecule has 0 spiro atoms. The van der Waals surface area contributed by atoms with Gasteiger partial charge in [-0.15, -0.1) is 0 Å². The number of aryl methyl sites for hydroxylation is 1. The van der Waals surface area contributed by atoms with Crippen LogP contribution in [0.4, 0.5) is 5.69 Å². The van der Waals surface area contributed by atoms with Crippen molar-refractivity contribution >= 4 is 35.3 Å². The number of hydrogen-bond acceptors (Lipinski definition) is 4. The molecule has 0 heterocycles. The van der Waals surface area contributed by atoms with Gasteiger partial charge in [0.25, 0.3) is 0 Å². The van der Waals surface area contributed by atoms with Crippen LogP contribution in [0.25, 0.3) is 0 Å². The van der Waals surface area contributed by atoms with Crippen molar-refractivity contribution in [2.45, 2.75) is 19.8 Å². The van der Waals surface area contributed by atoms with Gasteiger partial charge >= 0.3 is 0 Å². The van der Waals surface area contributed by atoms with Gasteiger partial charge in [-0.1, -0.05) is 17.7 Å². The van der Waals surface area contributed by atoms with E-state index < -0.39 is 0 Å². The normalized spacial score (nSPS) is 10.6. The summed E-state index contributed by atoms with van der Waals surface area (Å²) in [6.45, 7) is 1.92. The van der Waals surface area contributed by atoms with Gasteiger partial charge < -0.3 is 10.1 Å². The number of rotatable bonds is 7. The molecule has 0 aliphatic rings. The zero-order valence-electron chi connectivity index (χ0n) is 14.6. The van der Waals surface area contributed by atoms with E-state index in [1.807, 2.05) is 25.1 Å². The average Bonchev–Trinajstić information content (AvgIpc) is 2.61. The first kappa shape index (κ1) is 19.5. The second kappa shape index (κ2) is 9.58. The molecule has 7 heteroatoms. The van der Waals surface area contributed by atoms with Crippen LogP contribution < -0.4 is 15.5 Å². The summed E-state index contributed by atoms with van der Waals surface area (Å²) in [6.07, 6.45) is 1.64. The van der Waals surface area contributed by atoms with Crippen LogP contribution in [0.5, 0.6) is 5.75 Å². The van der Waals surface area contributed by atoms with Gasteiger partial charge in [0, 0.05) is 23.6 Å².